The molecule has 0 aromatic heterocycles. The molecule has 1 aliphatic rings. The van der Waals surface area contributed by atoms with Crippen LogP contribution in [0.25, 0.3) is 0 Å². The van der Waals surface area contributed by atoms with E-state index < -0.39 is 34.9 Å². The van der Waals surface area contributed by atoms with Crippen LogP contribution in [0.4, 0.5) is 16.2 Å². The summed E-state index contributed by atoms with van der Waals surface area (Å²) in [5, 5.41) is 16.0. The third kappa shape index (κ3) is 3.41. The number of hydrogen-bond donors (Lipinski definition) is 2. The van der Waals surface area contributed by atoms with Gasteiger partial charge in [0.15, 0.2) is 0 Å². The number of carbonyl (C=O) groups is 3. The van der Waals surface area contributed by atoms with Gasteiger partial charge in [-0.15, -0.1) is 0 Å². The normalized spacial score (nSPS) is 18.7. The summed E-state index contributed by atoms with van der Waals surface area (Å²) in [5.41, 5.74) is -0.556. The number of amides is 4. The number of carbonyl (C=O) groups excluding carboxylic acids is 3. The maximum absolute atomic E-state index is 13.0. The Bertz CT molecular complexity index is 946. The van der Waals surface area contributed by atoms with Gasteiger partial charge in [0.05, 0.1) is 4.92 Å². The SMILES string of the molecule is CCC1(c2ccccc2)NC(=O)N(CC(=O)Nc2cccc([N+](=O)[O-])c2)C1=O. The Morgan fingerprint density at radius 2 is 1.89 bits per heavy atom. The Kier molecular flexibility index (Phi) is 5.08. The topological polar surface area (TPSA) is 122 Å². The monoisotopic (exact) mass is 382 g/mol. The first-order chi connectivity index (χ1) is 13.4. The second-order valence-corrected chi connectivity index (χ2v) is 6.30. The fourth-order valence-electron chi connectivity index (χ4n) is 3.17. The zero-order chi connectivity index (χ0) is 20.3. The highest BCUT2D eigenvalue weighted by molar-refractivity contribution is 6.10. The van der Waals surface area contributed by atoms with Crippen LogP contribution >= 0.6 is 0 Å². The molecule has 1 aliphatic heterocycles. The van der Waals surface area contributed by atoms with Gasteiger partial charge in [-0.3, -0.25) is 24.6 Å². The van der Waals surface area contributed by atoms with Crippen molar-refractivity contribution in [1.82, 2.24) is 10.2 Å². The van der Waals surface area contributed by atoms with Gasteiger partial charge in [0.1, 0.15) is 12.1 Å². The van der Waals surface area contributed by atoms with Gasteiger partial charge in [-0.05, 0) is 18.1 Å². The Morgan fingerprint density at radius 3 is 2.54 bits per heavy atom. The molecule has 144 valence electrons. The summed E-state index contributed by atoms with van der Waals surface area (Å²) in [6.07, 6.45) is 0.324. The minimum absolute atomic E-state index is 0.179. The lowest BCUT2D eigenvalue weighted by Crippen LogP contribution is -2.44. The number of nitrogens with one attached hydrogen (secondary N) is 2. The summed E-state index contributed by atoms with van der Waals surface area (Å²) in [6.45, 7) is 1.28. The molecule has 3 rings (SSSR count). The summed E-state index contributed by atoms with van der Waals surface area (Å²) in [7, 11) is 0. The lowest BCUT2D eigenvalue weighted by Gasteiger charge is -2.25. The number of anilines is 1. The molecule has 1 fully saturated rings. The summed E-state index contributed by atoms with van der Waals surface area (Å²) < 4.78 is 0. The number of hydrogen-bond acceptors (Lipinski definition) is 5. The lowest BCUT2D eigenvalue weighted by atomic mass is 9.87. The van der Waals surface area contributed by atoms with Crippen LogP contribution in [0.15, 0.2) is 54.6 Å². The van der Waals surface area contributed by atoms with Crippen LogP contribution in [-0.4, -0.2) is 34.2 Å². The second kappa shape index (κ2) is 7.47. The summed E-state index contributed by atoms with van der Waals surface area (Å²) in [4.78, 5) is 48.8. The number of nitrogens with zero attached hydrogens (tertiary/aromatic N) is 2. The number of benzene rings is 2. The number of nitro groups is 1. The van der Waals surface area contributed by atoms with Crippen molar-refractivity contribution in [3.05, 3.63) is 70.3 Å². The average molecular weight is 382 g/mol. The van der Waals surface area contributed by atoms with Crippen molar-refractivity contribution in [2.45, 2.75) is 18.9 Å². The zero-order valence-electron chi connectivity index (χ0n) is 15.0. The number of rotatable bonds is 6. The van der Waals surface area contributed by atoms with Gasteiger partial charge in [0.25, 0.3) is 11.6 Å². The molecule has 2 aromatic carbocycles. The first-order valence-electron chi connectivity index (χ1n) is 8.61. The van der Waals surface area contributed by atoms with Crippen molar-refractivity contribution in [3.63, 3.8) is 0 Å². The fourth-order valence-corrected chi connectivity index (χ4v) is 3.17. The van der Waals surface area contributed by atoms with Gasteiger partial charge < -0.3 is 10.6 Å². The van der Waals surface area contributed by atoms with Crippen molar-refractivity contribution in [2.24, 2.45) is 0 Å². The molecule has 1 unspecified atom stereocenters. The van der Waals surface area contributed by atoms with Crippen molar-refractivity contribution in [3.8, 4) is 0 Å². The van der Waals surface area contributed by atoms with Gasteiger partial charge in [-0.25, -0.2) is 4.79 Å². The van der Waals surface area contributed by atoms with Crippen molar-refractivity contribution < 1.29 is 19.3 Å². The molecule has 28 heavy (non-hydrogen) atoms. The van der Waals surface area contributed by atoms with Crippen LogP contribution in [-0.2, 0) is 15.1 Å². The van der Waals surface area contributed by atoms with E-state index in [1.807, 2.05) is 0 Å². The molecule has 1 saturated heterocycles. The van der Waals surface area contributed by atoms with Crippen molar-refractivity contribution >= 4 is 29.2 Å². The number of urea groups is 1. The first-order valence-corrected chi connectivity index (χ1v) is 8.61. The quantitative estimate of drug-likeness (QED) is 0.451. The third-order valence-corrected chi connectivity index (χ3v) is 4.62. The molecule has 2 aromatic rings. The third-order valence-electron chi connectivity index (χ3n) is 4.62. The highest BCUT2D eigenvalue weighted by atomic mass is 16.6. The Labute approximate surface area is 160 Å². The van der Waals surface area contributed by atoms with Crippen LogP contribution < -0.4 is 10.6 Å². The van der Waals surface area contributed by atoms with Crippen LogP contribution in [0, 0.1) is 10.1 Å². The molecular formula is C19H18N4O5. The van der Waals surface area contributed by atoms with E-state index in [-0.39, 0.29) is 11.4 Å². The van der Waals surface area contributed by atoms with Crippen molar-refractivity contribution in [2.75, 3.05) is 11.9 Å². The average Bonchev–Trinajstić information content (AvgIpc) is 2.94. The van der Waals surface area contributed by atoms with E-state index in [1.54, 1.807) is 37.3 Å². The minimum atomic E-state index is -1.22. The molecule has 0 saturated carbocycles. The Balaban J connectivity index is 1.76. The summed E-state index contributed by atoms with van der Waals surface area (Å²) in [6, 6.07) is 13.6. The second-order valence-electron chi connectivity index (χ2n) is 6.30. The van der Waals surface area contributed by atoms with E-state index in [9.17, 15) is 24.5 Å². The van der Waals surface area contributed by atoms with Gasteiger partial charge >= 0.3 is 6.03 Å². The zero-order valence-corrected chi connectivity index (χ0v) is 15.0. The predicted octanol–water partition coefficient (Wildman–Crippen LogP) is 2.39. The molecule has 2 N–H and O–H groups in total. The van der Waals surface area contributed by atoms with Crippen molar-refractivity contribution in [1.29, 1.82) is 0 Å². The molecule has 4 amide bonds. The molecule has 0 aliphatic carbocycles. The molecule has 0 radical (unpaired) electrons. The van der Waals surface area contributed by atoms with Crippen LogP contribution in [0.1, 0.15) is 18.9 Å². The van der Waals surface area contributed by atoms with Gasteiger partial charge in [0.2, 0.25) is 5.91 Å². The maximum atomic E-state index is 13.0. The largest absolute Gasteiger partial charge is 0.325 e. The van der Waals surface area contributed by atoms with Gasteiger partial charge in [0, 0.05) is 17.8 Å². The Hall–Kier alpha value is -3.75. The van der Waals surface area contributed by atoms with E-state index in [1.165, 1.54) is 24.3 Å². The van der Waals surface area contributed by atoms with Crippen LogP contribution in [0.3, 0.4) is 0 Å². The molecule has 1 heterocycles. The number of non-ortho nitro benzene ring substituents is 1. The smallest absolute Gasteiger partial charge is 0.324 e. The molecular weight excluding hydrogens is 364 g/mol. The first kappa shape index (κ1) is 19.0. The number of imide groups is 1. The minimum Gasteiger partial charge on any atom is -0.324 e. The molecule has 0 bridgehead atoms. The Morgan fingerprint density at radius 1 is 1.18 bits per heavy atom. The standard InChI is InChI=1S/C19H18N4O5/c1-2-19(13-7-4-3-5-8-13)17(25)22(18(26)21-19)12-16(24)20-14-9-6-10-15(11-14)23(27)28/h3-11H,2,12H2,1H3,(H,20,24)(H,21,26). The van der Waals surface area contributed by atoms with Gasteiger partial charge in [-0.2, -0.15) is 0 Å². The van der Waals surface area contributed by atoms with E-state index >= 15 is 0 Å². The number of nitro benzene ring substituents is 1. The van der Waals surface area contributed by atoms with Crippen LogP contribution in [0.5, 0.6) is 0 Å². The molecule has 0 spiro atoms. The van der Waals surface area contributed by atoms with Crippen LogP contribution in [0.2, 0.25) is 0 Å². The fraction of sp³-hybridized carbons (Fsp3) is 0.211. The van der Waals surface area contributed by atoms with Gasteiger partial charge in [-0.1, -0.05) is 43.3 Å². The molecule has 9 nitrogen and oxygen atoms in total. The highest BCUT2D eigenvalue weighted by Gasteiger charge is 2.51. The highest BCUT2D eigenvalue weighted by Crippen LogP contribution is 2.32. The lowest BCUT2D eigenvalue weighted by molar-refractivity contribution is -0.384. The maximum Gasteiger partial charge on any atom is 0.325 e. The molecule has 9 heteroatoms. The summed E-state index contributed by atoms with van der Waals surface area (Å²) >= 11 is 0. The van der Waals surface area contributed by atoms with E-state index in [0.29, 0.717) is 12.0 Å². The van der Waals surface area contributed by atoms with E-state index in [2.05, 4.69) is 10.6 Å². The van der Waals surface area contributed by atoms with E-state index in [0.717, 1.165) is 4.90 Å². The summed E-state index contributed by atoms with van der Waals surface area (Å²) in [5.74, 6) is -1.15. The molecule has 1 atom stereocenters. The van der Waals surface area contributed by atoms with E-state index in [4.69, 9.17) is 0 Å². The predicted molar refractivity (Wildman–Crippen MR) is 100 cm³/mol.